The van der Waals surface area contributed by atoms with E-state index in [0.29, 0.717) is 0 Å². The fourth-order valence-corrected chi connectivity index (χ4v) is 2.48. The van der Waals surface area contributed by atoms with Crippen molar-refractivity contribution in [3.63, 3.8) is 0 Å². The van der Waals surface area contributed by atoms with Crippen molar-refractivity contribution in [3.05, 3.63) is 35.4 Å². The Balaban J connectivity index is 1.98. The molecule has 2 atom stereocenters. The summed E-state index contributed by atoms with van der Waals surface area (Å²) in [5, 5.41) is 18.4. The van der Waals surface area contributed by atoms with Crippen LogP contribution in [0.5, 0.6) is 0 Å². The Hall–Kier alpha value is -0.940. The predicted octanol–water partition coefficient (Wildman–Crippen LogP) is 0.760. The summed E-state index contributed by atoms with van der Waals surface area (Å²) in [7, 11) is 1.72. The van der Waals surface area contributed by atoms with E-state index in [9.17, 15) is 5.11 Å². The minimum Gasteiger partial charge on any atom is -0.395 e. The summed E-state index contributed by atoms with van der Waals surface area (Å²) in [6.07, 6.45) is 1.11. The lowest BCUT2D eigenvalue weighted by atomic mass is 10.1. The molecule has 1 aliphatic heterocycles. The zero-order valence-electron chi connectivity index (χ0n) is 10.7. The molecule has 0 unspecified atom stereocenters. The molecule has 0 saturated carbocycles. The maximum atomic E-state index is 9.38. The van der Waals surface area contributed by atoms with Gasteiger partial charge >= 0.3 is 0 Å². The molecule has 4 nitrogen and oxygen atoms in total. The third-order valence-electron chi connectivity index (χ3n) is 3.62. The van der Waals surface area contributed by atoms with Gasteiger partial charge in [0.1, 0.15) is 0 Å². The molecule has 1 fully saturated rings. The van der Waals surface area contributed by atoms with Gasteiger partial charge in [0.05, 0.1) is 19.3 Å². The maximum Gasteiger partial charge on any atom is 0.0714 e. The lowest BCUT2D eigenvalue weighted by molar-refractivity contribution is 0.107. The first-order chi connectivity index (χ1) is 8.76. The van der Waals surface area contributed by atoms with Crippen LogP contribution in [0.25, 0.3) is 0 Å². The van der Waals surface area contributed by atoms with Crippen LogP contribution in [-0.4, -0.2) is 47.5 Å². The lowest BCUT2D eigenvalue weighted by Gasteiger charge is -2.22. The van der Waals surface area contributed by atoms with Gasteiger partial charge in [-0.1, -0.05) is 24.3 Å². The molecule has 100 valence electrons. The summed E-state index contributed by atoms with van der Waals surface area (Å²) in [5.41, 5.74) is 2.12. The number of aliphatic hydroxyl groups is 2. The van der Waals surface area contributed by atoms with Crippen molar-refractivity contribution in [3.8, 4) is 0 Å². The topological polar surface area (TPSA) is 52.9 Å². The molecule has 1 aromatic rings. The van der Waals surface area contributed by atoms with Crippen LogP contribution in [0.15, 0.2) is 24.3 Å². The van der Waals surface area contributed by atoms with Crippen molar-refractivity contribution in [2.75, 3.05) is 20.3 Å². The smallest absolute Gasteiger partial charge is 0.0714 e. The molecular weight excluding hydrogens is 230 g/mol. The zero-order valence-corrected chi connectivity index (χ0v) is 10.7. The van der Waals surface area contributed by atoms with Crippen LogP contribution in [0.3, 0.4) is 0 Å². The van der Waals surface area contributed by atoms with Crippen molar-refractivity contribution in [2.24, 2.45) is 0 Å². The Morgan fingerprint density at radius 2 is 1.89 bits per heavy atom. The standard InChI is InChI=1S/C14H21NO3/c1-18-14-6-13(10-17)15(8-14)7-11-2-4-12(9-16)5-3-11/h2-5,13-14,16-17H,6-10H2,1H3/t13-,14-/m0/s1. The summed E-state index contributed by atoms with van der Waals surface area (Å²) in [5.74, 6) is 0. The van der Waals surface area contributed by atoms with E-state index in [1.807, 2.05) is 24.3 Å². The van der Waals surface area contributed by atoms with E-state index in [2.05, 4.69) is 4.90 Å². The van der Waals surface area contributed by atoms with Gasteiger partial charge in [0.2, 0.25) is 0 Å². The zero-order chi connectivity index (χ0) is 13.0. The molecular formula is C14H21NO3. The Kier molecular flexibility index (Phi) is 4.72. The first kappa shape index (κ1) is 13.5. The molecule has 0 amide bonds. The quantitative estimate of drug-likeness (QED) is 0.811. The van der Waals surface area contributed by atoms with Gasteiger partial charge in [-0.25, -0.2) is 0 Å². The van der Waals surface area contributed by atoms with E-state index in [4.69, 9.17) is 9.84 Å². The van der Waals surface area contributed by atoms with E-state index >= 15 is 0 Å². The number of rotatable bonds is 5. The molecule has 0 radical (unpaired) electrons. The van der Waals surface area contributed by atoms with Gasteiger partial charge in [-0.15, -0.1) is 0 Å². The van der Waals surface area contributed by atoms with Crippen LogP contribution in [-0.2, 0) is 17.9 Å². The fraction of sp³-hybridized carbons (Fsp3) is 0.571. The van der Waals surface area contributed by atoms with Gasteiger partial charge in [0.25, 0.3) is 0 Å². The Morgan fingerprint density at radius 3 is 2.44 bits per heavy atom. The molecule has 0 aromatic heterocycles. The second-order valence-corrected chi connectivity index (χ2v) is 4.83. The average Bonchev–Trinajstić information content (AvgIpc) is 2.82. The van der Waals surface area contributed by atoms with Crippen LogP contribution >= 0.6 is 0 Å². The molecule has 0 aliphatic carbocycles. The van der Waals surface area contributed by atoms with Gasteiger partial charge in [-0.05, 0) is 17.5 Å². The van der Waals surface area contributed by atoms with Crippen LogP contribution in [0, 0.1) is 0 Å². The van der Waals surface area contributed by atoms with Crippen molar-refractivity contribution in [1.29, 1.82) is 0 Å². The number of likely N-dealkylation sites (tertiary alicyclic amines) is 1. The molecule has 4 heteroatoms. The number of benzene rings is 1. The van der Waals surface area contributed by atoms with E-state index < -0.39 is 0 Å². The number of nitrogens with zero attached hydrogens (tertiary/aromatic N) is 1. The number of aliphatic hydroxyl groups excluding tert-OH is 2. The van der Waals surface area contributed by atoms with Crippen molar-refractivity contribution < 1.29 is 14.9 Å². The highest BCUT2D eigenvalue weighted by molar-refractivity contribution is 5.22. The summed E-state index contributed by atoms with van der Waals surface area (Å²) < 4.78 is 5.36. The molecule has 18 heavy (non-hydrogen) atoms. The van der Waals surface area contributed by atoms with E-state index in [1.54, 1.807) is 7.11 Å². The minimum absolute atomic E-state index is 0.0784. The van der Waals surface area contributed by atoms with E-state index in [0.717, 1.165) is 25.1 Å². The molecule has 1 saturated heterocycles. The molecule has 1 heterocycles. The van der Waals surface area contributed by atoms with Crippen LogP contribution in [0.4, 0.5) is 0 Å². The third kappa shape index (κ3) is 3.09. The first-order valence-electron chi connectivity index (χ1n) is 6.33. The highest BCUT2D eigenvalue weighted by atomic mass is 16.5. The normalized spacial score (nSPS) is 24.6. The highest BCUT2D eigenvalue weighted by Crippen LogP contribution is 2.22. The molecule has 2 N–H and O–H groups in total. The molecule has 1 aliphatic rings. The Labute approximate surface area is 108 Å². The second-order valence-electron chi connectivity index (χ2n) is 4.83. The Bertz CT molecular complexity index is 366. The summed E-state index contributed by atoms with van der Waals surface area (Å²) in [6, 6.07) is 8.12. The molecule has 0 spiro atoms. The number of ether oxygens (including phenoxy) is 1. The maximum absolute atomic E-state index is 9.38. The summed E-state index contributed by atoms with van der Waals surface area (Å²) in [4.78, 5) is 2.25. The number of hydrogen-bond acceptors (Lipinski definition) is 4. The van der Waals surface area contributed by atoms with Gasteiger partial charge in [0.15, 0.2) is 0 Å². The predicted molar refractivity (Wildman–Crippen MR) is 69.1 cm³/mol. The monoisotopic (exact) mass is 251 g/mol. The van der Waals surface area contributed by atoms with Crippen molar-refractivity contribution in [2.45, 2.75) is 31.7 Å². The van der Waals surface area contributed by atoms with Crippen LogP contribution in [0.1, 0.15) is 17.5 Å². The molecule has 0 bridgehead atoms. The van der Waals surface area contributed by atoms with Gasteiger partial charge < -0.3 is 14.9 Å². The van der Waals surface area contributed by atoms with Crippen molar-refractivity contribution in [1.82, 2.24) is 4.90 Å². The molecule has 1 aromatic carbocycles. The molecule has 2 rings (SSSR count). The van der Waals surface area contributed by atoms with Crippen molar-refractivity contribution >= 4 is 0 Å². The lowest BCUT2D eigenvalue weighted by Crippen LogP contribution is -2.31. The van der Waals surface area contributed by atoms with Gasteiger partial charge in [-0.3, -0.25) is 4.90 Å². The van der Waals surface area contributed by atoms with E-state index in [1.165, 1.54) is 5.56 Å². The third-order valence-corrected chi connectivity index (χ3v) is 3.62. The highest BCUT2D eigenvalue weighted by Gasteiger charge is 2.31. The minimum atomic E-state index is 0.0784. The van der Waals surface area contributed by atoms with E-state index in [-0.39, 0.29) is 25.4 Å². The first-order valence-corrected chi connectivity index (χ1v) is 6.33. The number of hydrogen-bond donors (Lipinski definition) is 2. The Morgan fingerprint density at radius 1 is 1.22 bits per heavy atom. The van der Waals surface area contributed by atoms with Gasteiger partial charge in [-0.2, -0.15) is 0 Å². The second kappa shape index (κ2) is 6.29. The fourth-order valence-electron chi connectivity index (χ4n) is 2.48. The number of methoxy groups -OCH3 is 1. The SMILES string of the molecule is CO[C@H]1C[C@@H](CO)N(Cc2ccc(CO)cc2)C1. The summed E-state index contributed by atoms with van der Waals surface area (Å²) in [6.45, 7) is 1.93. The van der Waals surface area contributed by atoms with Crippen LogP contribution < -0.4 is 0 Å². The average molecular weight is 251 g/mol. The largest absolute Gasteiger partial charge is 0.395 e. The summed E-state index contributed by atoms with van der Waals surface area (Å²) >= 11 is 0. The van der Waals surface area contributed by atoms with Gasteiger partial charge in [0, 0.05) is 26.2 Å². The van der Waals surface area contributed by atoms with Crippen LogP contribution in [0.2, 0.25) is 0 Å².